The largest absolute Gasteiger partial charge is 0.405 e. The van der Waals surface area contributed by atoms with E-state index in [1.807, 2.05) is 0 Å². The summed E-state index contributed by atoms with van der Waals surface area (Å²) >= 11 is 0. The van der Waals surface area contributed by atoms with Crippen molar-refractivity contribution in [2.24, 2.45) is 0 Å². The Labute approximate surface area is 104 Å². The summed E-state index contributed by atoms with van der Waals surface area (Å²) in [6.07, 6.45) is -3.55. The van der Waals surface area contributed by atoms with Gasteiger partial charge in [-0.15, -0.1) is 0 Å². The van der Waals surface area contributed by atoms with E-state index in [0.717, 1.165) is 0 Å². The number of nitrogens with zero attached hydrogens (tertiary/aromatic N) is 2. The Bertz CT molecular complexity index is 374. The number of alkyl halides is 3. The molecule has 0 spiro atoms. The fraction of sp³-hybridized carbons (Fsp3) is 0.583. The molecule has 102 valence electrons. The van der Waals surface area contributed by atoms with Gasteiger partial charge in [0.25, 0.3) is 0 Å². The molecule has 1 atom stereocenters. The van der Waals surface area contributed by atoms with Crippen LogP contribution in [0.4, 0.5) is 19.0 Å². The minimum atomic E-state index is -4.27. The van der Waals surface area contributed by atoms with Crippen LogP contribution in [0.15, 0.2) is 18.3 Å². The molecule has 1 aromatic rings. The number of aliphatic hydroxyl groups excluding tert-OH is 1. The van der Waals surface area contributed by atoms with Gasteiger partial charge in [0, 0.05) is 12.2 Å². The van der Waals surface area contributed by atoms with Crippen LogP contribution in [0, 0.1) is 0 Å². The molecule has 1 heterocycles. The van der Waals surface area contributed by atoms with Crippen LogP contribution in [0.1, 0.15) is 32.4 Å². The summed E-state index contributed by atoms with van der Waals surface area (Å²) in [7, 11) is 0. The van der Waals surface area contributed by atoms with Crippen LogP contribution in [0.3, 0.4) is 0 Å². The minimum absolute atomic E-state index is 0.256. The molecule has 1 N–H and O–H groups in total. The van der Waals surface area contributed by atoms with Crippen LogP contribution >= 0.6 is 0 Å². The van der Waals surface area contributed by atoms with Gasteiger partial charge in [-0.1, -0.05) is 6.07 Å². The summed E-state index contributed by atoms with van der Waals surface area (Å²) in [4.78, 5) is 5.14. The Hall–Kier alpha value is -1.30. The lowest BCUT2D eigenvalue weighted by Crippen LogP contribution is -2.39. The average Bonchev–Trinajstić information content (AvgIpc) is 2.24. The quantitative estimate of drug-likeness (QED) is 0.906. The molecule has 1 aromatic heterocycles. The summed E-state index contributed by atoms with van der Waals surface area (Å²) in [6.45, 7) is 3.89. The molecular weight excluding hydrogens is 245 g/mol. The molecule has 0 radical (unpaired) electrons. The van der Waals surface area contributed by atoms with Crippen LogP contribution in [-0.2, 0) is 0 Å². The third kappa shape index (κ3) is 4.18. The number of aromatic nitrogens is 1. The van der Waals surface area contributed by atoms with E-state index >= 15 is 0 Å². The average molecular weight is 262 g/mol. The van der Waals surface area contributed by atoms with Gasteiger partial charge >= 0.3 is 6.18 Å². The first-order chi connectivity index (χ1) is 8.20. The van der Waals surface area contributed by atoms with Crippen LogP contribution in [0.5, 0.6) is 0 Å². The van der Waals surface area contributed by atoms with Crippen molar-refractivity contribution >= 4 is 5.82 Å². The molecule has 0 saturated heterocycles. The lowest BCUT2D eigenvalue weighted by atomic mass is 10.2. The van der Waals surface area contributed by atoms with E-state index in [9.17, 15) is 18.3 Å². The fourth-order valence-corrected chi connectivity index (χ4v) is 1.54. The Kier molecular flexibility index (Phi) is 4.56. The fourth-order valence-electron chi connectivity index (χ4n) is 1.54. The first-order valence-corrected chi connectivity index (χ1v) is 5.68. The normalized spacial score (nSPS) is 13.8. The second kappa shape index (κ2) is 5.56. The van der Waals surface area contributed by atoms with E-state index in [2.05, 4.69) is 4.98 Å². The summed E-state index contributed by atoms with van der Waals surface area (Å²) in [5.74, 6) is 0.256. The predicted molar refractivity (Wildman–Crippen MR) is 63.4 cm³/mol. The number of hydrogen-bond acceptors (Lipinski definition) is 3. The third-order valence-electron chi connectivity index (χ3n) is 2.52. The van der Waals surface area contributed by atoms with Crippen LogP contribution in [0.2, 0.25) is 0 Å². The van der Waals surface area contributed by atoms with Gasteiger partial charge in [-0.3, -0.25) is 0 Å². The summed E-state index contributed by atoms with van der Waals surface area (Å²) in [5.41, 5.74) is 0.578. The van der Waals surface area contributed by atoms with E-state index in [0.29, 0.717) is 5.56 Å². The highest BCUT2D eigenvalue weighted by Gasteiger charge is 2.32. The van der Waals surface area contributed by atoms with Crippen molar-refractivity contribution in [1.82, 2.24) is 4.98 Å². The highest BCUT2D eigenvalue weighted by molar-refractivity contribution is 5.40. The van der Waals surface area contributed by atoms with Crippen LogP contribution < -0.4 is 4.90 Å². The number of hydrogen-bond donors (Lipinski definition) is 1. The SMILES string of the molecule is CC(O)c1ccc(N(CC(F)(F)F)C(C)C)nc1. The molecule has 0 bridgehead atoms. The number of pyridine rings is 1. The van der Waals surface area contributed by atoms with Gasteiger partial charge in [0.15, 0.2) is 0 Å². The molecular formula is C12H17F3N2O. The lowest BCUT2D eigenvalue weighted by Gasteiger charge is -2.28. The number of aliphatic hydroxyl groups is 1. The second-order valence-electron chi connectivity index (χ2n) is 4.46. The molecule has 0 aliphatic carbocycles. The zero-order valence-electron chi connectivity index (χ0n) is 10.6. The van der Waals surface area contributed by atoms with E-state index in [4.69, 9.17) is 0 Å². The Morgan fingerprint density at radius 2 is 1.89 bits per heavy atom. The molecule has 1 unspecified atom stereocenters. The monoisotopic (exact) mass is 262 g/mol. The van der Waals surface area contributed by atoms with Crippen molar-refractivity contribution in [1.29, 1.82) is 0 Å². The second-order valence-corrected chi connectivity index (χ2v) is 4.46. The first-order valence-electron chi connectivity index (χ1n) is 5.68. The zero-order chi connectivity index (χ0) is 13.9. The minimum Gasteiger partial charge on any atom is -0.389 e. The van der Waals surface area contributed by atoms with E-state index in [1.54, 1.807) is 26.8 Å². The molecule has 1 rings (SSSR count). The Morgan fingerprint density at radius 1 is 1.28 bits per heavy atom. The van der Waals surface area contributed by atoms with Gasteiger partial charge in [-0.2, -0.15) is 13.2 Å². The molecule has 3 nitrogen and oxygen atoms in total. The summed E-state index contributed by atoms with van der Waals surface area (Å²) in [5, 5.41) is 9.32. The number of anilines is 1. The molecule has 0 aromatic carbocycles. The maximum atomic E-state index is 12.4. The predicted octanol–water partition coefficient (Wildman–Crippen LogP) is 2.91. The smallest absolute Gasteiger partial charge is 0.389 e. The van der Waals surface area contributed by atoms with Crippen molar-refractivity contribution in [3.63, 3.8) is 0 Å². The molecule has 0 fully saturated rings. The van der Waals surface area contributed by atoms with Crippen LogP contribution in [-0.4, -0.2) is 28.9 Å². The maximum absolute atomic E-state index is 12.4. The van der Waals surface area contributed by atoms with E-state index < -0.39 is 18.8 Å². The van der Waals surface area contributed by atoms with Gasteiger partial charge in [0.1, 0.15) is 12.4 Å². The molecule has 0 amide bonds. The standard InChI is InChI=1S/C12H17F3N2O/c1-8(2)17(7-12(13,14)15)11-5-4-10(6-16-11)9(3)18/h4-6,8-9,18H,7H2,1-3H3. The first kappa shape index (κ1) is 14.8. The van der Waals surface area contributed by atoms with Crippen molar-refractivity contribution in [2.75, 3.05) is 11.4 Å². The van der Waals surface area contributed by atoms with Gasteiger partial charge in [0.2, 0.25) is 0 Å². The number of rotatable bonds is 4. The van der Waals surface area contributed by atoms with Gasteiger partial charge in [-0.25, -0.2) is 4.98 Å². The molecule has 0 aliphatic rings. The van der Waals surface area contributed by atoms with Gasteiger partial charge < -0.3 is 10.0 Å². The third-order valence-corrected chi connectivity index (χ3v) is 2.52. The van der Waals surface area contributed by atoms with Crippen molar-refractivity contribution in [3.05, 3.63) is 23.9 Å². The lowest BCUT2D eigenvalue weighted by molar-refractivity contribution is -0.120. The van der Waals surface area contributed by atoms with E-state index in [-0.39, 0.29) is 11.9 Å². The topological polar surface area (TPSA) is 36.4 Å². The Balaban J connectivity index is 2.93. The molecule has 0 aliphatic heterocycles. The zero-order valence-corrected chi connectivity index (χ0v) is 10.6. The summed E-state index contributed by atoms with van der Waals surface area (Å²) < 4.78 is 37.3. The highest BCUT2D eigenvalue weighted by atomic mass is 19.4. The molecule has 18 heavy (non-hydrogen) atoms. The maximum Gasteiger partial charge on any atom is 0.405 e. The number of halogens is 3. The molecule has 0 saturated carbocycles. The van der Waals surface area contributed by atoms with Crippen LogP contribution in [0.25, 0.3) is 0 Å². The van der Waals surface area contributed by atoms with Crippen molar-refractivity contribution in [2.45, 2.75) is 39.1 Å². The van der Waals surface area contributed by atoms with E-state index in [1.165, 1.54) is 17.2 Å². The van der Waals surface area contributed by atoms with Crippen molar-refractivity contribution < 1.29 is 18.3 Å². The van der Waals surface area contributed by atoms with Crippen molar-refractivity contribution in [3.8, 4) is 0 Å². The summed E-state index contributed by atoms with van der Waals surface area (Å²) in [6, 6.07) is 2.77. The molecule has 6 heteroatoms. The Morgan fingerprint density at radius 3 is 2.22 bits per heavy atom. The van der Waals surface area contributed by atoms with Gasteiger partial charge in [0.05, 0.1) is 6.10 Å². The van der Waals surface area contributed by atoms with Gasteiger partial charge in [-0.05, 0) is 32.4 Å². The highest BCUT2D eigenvalue weighted by Crippen LogP contribution is 2.23.